The zero-order valence-electron chi connectivity index (χ0n) is 11.4. The summed E-state index contributed by atoms with van der Waals surface area (Å²) in [6, 6.07) is 6.93. The molecule has 1 aromatic rings. The van der Waals surface area contributed by atoms with Crippen molar-refractivity contribution in [3.8, 4) is 0 Å². The van der Waals surface area contributed by atoms with Crippen LogP contribution in [0.3, 0.4) is 0 Å². The SMILES string of the molecule is Nc1cccc(Br)c1CN1CCCC1C1CCCC1. The van der Waals surface area contributed by atoms with Gasteiger partial charge in [0.05, 0.1) is 0 Å². The normalized spacial score (nSPS) is 25.2. The Morgan fingerprint density at radius 1 is 1.16 bits per heavy atom. The van der Waals surface area contributed by atoms with Gasteiger partial charge in [0.1, 0.15) is 0 Å². The molecule has 1 unspecified atom stereocenters. The summed E-state index contributed by atoms with van der Waals surface area (Å²) < 4.78 is 1.16. The van der Waals surface area contributed by atoms with Crippen LogP contribution in [0.15, 0.2) is 22.7 Å². The van der Waals surface area contributed by atoms with E-state index in [2.05, 4.69) is 26.9 Å². The smallest absolute Gasteiger partial charge is 0.0371 e. The Balaban J connectivity index is 1.74. The highest BCUT2D eigenvalue weighted by atomic mass is 79.9. The number of nitrogens with zero attached hydrogens (tertiary/aromatic N) is 1. The minimum absolute atomic E-state index is 0.800. The van der Waals surface area contributed by atoms with E-state index >= 15 is 0 Å². The molecule has 2 fully saturated rings. The number of hydrogen-bond donors (Lipinski definition) is 1. The molecule has 104 valence electrons. The lowest BCUT2D eigenvalue weighted by Crippen LogP contribution is -2.34. The maximum Gasteiger partial charge on any atom is 0.0371 e. The number of anilines is 1. The average molecular weight is 323 g/mol. The van der Waals surface area contributed by atoms with Gasteiger partial charge in [0.2, 0.25) is 0 Å². The molecule has 0 spiro atoms. The van der Waals surface area contributed by atoms with E-state index in [1.807, 2.05) is 12.1 Å². The fraction of sp³-hybridized carbons (Fsp3) is 0.625. The van der Waals surface area contributed by atoms with Gasteiger partial charge in [-0.15, -0.1) is 0 Å². The first-order valence-electron chi connectivity index (χ1n) is 7.52. The lowest BCUT2D eigenvalue weighted by Gasteiger charge is -2.30. The van der Waals surface area contributed by atoms with Gasteiger partial charge >= 0.3 is 0 Å². The van der Waals surface area contributed by atoms with Crippen LogP contribution in [0, 0.1) is 5.92 Å². The van der Waals surface area contributed by atoms with E-state index in [0.717, 1.165) is 28.7 Å². The monoisotopic (exact) mass is 322 g/mol. The minimum Gasteiger partial charge on any atom is -0.398 e. The molecule has 1 heterocycles. The van der Waals surface area contributed by atoms with Crippen molar-refractivity contribution in [3.63, 3.8) is 0 Å². The third-order valence-electron chi connectivity index (χ3n) is 4.87. The van der Waals surface area contributed by atoms with Gasteiger partial charge in [-0.05, 0) is 50.3 Å². The van der Waals surface area contributed by atoms with Crippen LogP contribution in [0.2, 0.25) is 0 Å². The zero-order chi connectivity index (χ0) is 13.2. The van der Waals surface area contributed by atoms with Crippen molar-refractivity contribution in [2.45, 2.75) is 51.1 Å². The van der Waals surface area contributed by atoms with Crippen LogP contribution in [0.1, 0.15) is 44.1 Å². The van der Waals surface area contributed by atoms with Crippen molar-refractivity contribution in [2.24, 2.45) is 5.92 Å². The molecule has 1 saturated carbocycles. The van der Waals surface area contributed by atoms with Crippen LogP contribution in [0.4, 0.5) is 5.69 Å². The second kappa shape index (κ2) is 5.84. The lowest BCUT2D eigenvalue weighted by molar-refractivity contribution is 0.183. The fourth-order valence-electron chi connectivity index (χ4n) is 3.87. The van der Waals surface area contributed by atoms with Gasteiger partial charge in [0.25, 0.3) is 0 Å². The van der Waals surface area contributed by atoms with E-state index in [-0.39, 0.29) is 0 Å². The molecule has 2 aliphatic rings. The average Bonchev–Trinajstić information content (AvgIpc) is 3.04. The number of nitrogens with two attached hydrogens (primary N) is 1. The molecule has 1 aliphatic carbocycles. The van der Waals surface area contributed by atoms with E-state index in [4.69, 9.17) is 5.73 Å². The Kier molecular flexibility index (Phi) is 4.13. The zero-order valence-corrected chi connectivity index (χ0v) is 13.0. The first kappa shape index (κ1) is 13.4. The summed E-state index contributed by atoms with van der Waals surface area (Å²) >= 11 is 3.65. The summed E-state index contributed by atoms with van der Waals surface area (Å²) in [5, 5.41) is 0. The molecule has 3 heteroatoms. The molecule has 1 aromatic carbocycles. The Morgan fingerprint density at radius 2 is 1.95 bits per heavy atom. The number of benzene rings is 1. The molecule has 1 saturated heterocycles. The molecule has 1 aliphatic heterocycles. The molecule has 19 heavy (non-hydrogen) atoms. The van der Waals surface area contributed by atoms with Gasteiger partial charge < -0.3 is 5.73 Å². The Morgan fingerprint density at radius 3 is 2.68 bits per heavy atom. The van der Waals surface area contributed by atoms with Crippen molar-refractivity contribution in [1.82, 2.24) is 4.90 Å². The Labute approximate surface area is 124 Å². The summed E-state index contributed by atoms with van der Waals surface area (Å²) in [5.41, 5.74) is 8.34. The summed E-state index contributed by atoms with van der Waals surface area (Å²) in [7, 11) is 0. The van der Waals surface area contributed by atoms with E-state index in [0.29, 0.717) is 0 Å². The van der Waals surface area contributed by atoms with E-state index in [1.54, 1.807) is 0 Å². The summed E-state index contributed by atoms with van der Waals surface area (Å²) in [5.74, 6) is 0.936. The highest BCUT2D eigenvalue weighted by Crippen LogP contribution is 2.37. The largest absolute Gasteiger partial charge is 0.398 e. The number of rotatable bonds is 3. The van der Waals surface area contributed by atoms with Gasteiger partial charge in [0.15, 0.2) is 0 Å². The molecular weight excluding hydrogens is 300 g/mol. The second-order valence-electron chi connectivity index (χ2n) is 6.03. The second-order valence-corrected chi connectivity index (χ2v) is 6.89. The van der Waals surface area contributed by atoms with Crippen molar-refractivity contribution in [1.29, 1.82) is 0 Å². The maximum absolute atomic E-state index is 6.14. The van der Waals surface area contributed by atoms with E-state index in [1.165, 1.54) is 50.6 Å². The van der Waals surface area contributed by atoms with Crippen LogP contribution >= 0.6 is 15.9 Å². The van der Waals surface area contributed by atoms with Gasteiger partial charge in [-0.2, -0.15) is 0 Å². The van der Waals surface area contributed by atoms with Crippen molar-refractivity contribution in [3.05, 3.63) is 28.2 Å². The van der Waals surface area contributed by atoms with Crippen molar-refractivity contribution in [2.75, 3.05) is 12.3 Å². The topological polar surface area (TPSA) is 29.3 Å². The third-order valence-corrected chi connectivity index (χ3v) is 5.62. The third kappa shape index (κ3) is 2.82. The molecule has 0 aromatic heterocycles. The molecule has 2 N–H and O–H groups in total. The first-order chi connectivity index (χ1) is 9.25. The van der Waals surface area contributed by atoms with E-state index < -0.39 is 0 Å². The van der Waals surface area contributed by atoms with Gasteiger partial charge in [0, 0.05) is 28.3 Å². The first-order valence-corrected chi connectivity index (χ1v) is 8.32. The van der Waals surface area contributed by atoms with Crippen LogP contribution < -0.4 is 5.73 Å². The molecule has 0 bridgehead atoms. The summed E-state index contributed by atoms with van der Waals surface area (Å²) in [4.78, 5) is 2.67. The molecule has 2 nitrogen and oxygen atoms in total. The van der Waals surface area contributed by atoms with Crippen molar-refractivity contribution < 1.29 is 0 Å². The quantitative estimate of drug-likeness (QED) is 0.845. The number of likely N-dealkylation sites (tertiary alicyclic amines) is 1. The van der Waals surface area contributed by atoms with Crippen LogP contribution in [-0.4, -0.2) is 17.5 Å². The molecule has 0 radical (unpaired) electrons. The number of hydrogen-bond acceptors (Lipinski definition) is 2. The Hall–Kier alpha value is -0.540. The standard InChI is InChI=1S/C16H23BrN2/c17-14-7-3-8-15(18)13(14)11-19-10-4-9-16(19)12-5-1-2-6-12/h3,7-8,12,16H,1-2,4-6,9-11,18H2. The predicted molar refractivity (Wildman–Crippen MR) is 83.9 cm³/mol. The summed E-state index contributed by atoms with van der Waals surface area (Å²) in [6.07, 6.45) is 8.48. The van der Waals surface area contributed by atoms with E-state index in [9.17, 15) is 0 Å². The number of nitrogen functional groups attached to an aromatic ring is 1. The molecular formula is C16H23BrN2. The Bertz CT molecular complexity index is 420. The van der Waals surface area contributed by atoms with Crippen LogP contribution in [0.5, 0.6) is 0 Å². The van der Waals surface area contributed by atoms with Crippen molar-refractivity contribution >= 4 is 21.6 Å². The van der Waals surface area contributed by atoms with Crippen LogP contribution in [-0.2, 0) is 6.54 Å². The van der Waals surface area contributed by atoms with Crippen LogP contribution in [0.25, 0.3) is 0 Å². The molecule has 3 rings (SSSR count). The van der Waals surface area contributed by atoms with Gasteiger partial charge in [-0.3, -0.25) is 4.90 Å². The minimum atomic E-state index is 0.800. The highest BCUT2D eigenvalue weighted by molar-refractivity contribution is 9.10. The molecule has 1 atom stereocenters. The summed E-state index contributed by atoms with van der Waals surface area (Å²) in [6.45, 7) is 2.25. The number of halogens is 1. The molecule has 0 amide bonds. The van der Waals surface area contributed by atoms with Gasteiger partial charge in [-0.1, -0.05) is 34.8 Å². The predicted octanol–water partition coefficient (Wildman–Crippen LogP) is 4.19. The fourth-order valence-corrected chi connectivity index (χ4v) is 4.38. The van der Waals surface area contributed by atoms with Gasteiger partial charge in [-0.25, -0.2) is 0 Å². The lowest BCUT2D eigenvalue weighted by atomic mass is 9.95. The maximum atomic E-state index is 6.14. The highest BCUT2D eigenvalue weighted by Gasteiger charge is 2.33.